The molecule has 0 saturated heterocycles. The lowest BCUT2D eigenvalue weighted by molar-refractivity contribution is 0.0895. The zero-order valence-electron chi connectivity index (χ0n) is 8.97. The predicted octanol–water partition coefficient (Wildman–Crippen LogP) is 3.63. The molecule has 86 valence electrons. The molecular weight excluding hydrogens is 289 g/mol. The molecule has 1 N–H and O–H groups in total. The first-order valence-corrected chi connectivity index (χ1v) is 6.49. The van der Waals surface area contributed by atoms with Crippen molar-refractivity contribution in [2.45, 2.75) is 25.8 Å². The standard InChI is InChI=1S/C12H13BrClNO/c1-7-4-9(5-7)15-12(16)10-3-2-8(14)6-11(10)13/h2-3,6-7,9H,4-5H2,1H3,(H,15,16). The maximum absolute atomic E-state index is 11.9. The van der Waals surface area contributed by atoms with E-state index in [1.807, 2.05) is 0 Å². The van der Waals surface area contributed by atoms with Gasteiger partial charge in [-0.25, -0.2) is 0 Å². The number of hydrogen-bond donors (Lipinski definition) is 1. The van der Waals surface area contributed by atoms with Crippen LogP contribution < -0.4 is 5.32 Å². The highest BCUT2D eigenvalue weighted by atomic mass is 79.9. The fourth-order valence-corrected chi connectivity index (χ4v) is 2.82. The van der Waals surface area contributed by atoms with Gasteiger partial charge in [0, 0.05) is 15.5 Å². The van der Waals surface area contributed by atoms with Crippen molar-refractivity contribution in [1.29, 1.82) is 0 Å². The quantitative estimate of drug-likeness (QED) is 0.888. The van der Waals surface area contributed by atoms with Crippen LogP contribution in [-0.4, -0.2) is 11.9 Å². The van der Waals surface area contributed by atoms with Gasteiger partial charge < -0.3 is 5.32 Å². The smallest absolute Gasteiger partial charge is 0.252 e. The van der Waals surface area contributed by atoms with Crippen molar-refractivity contribution in [1.82, 2.24) is 5.32 Å². The molecule has 0 aliphatic heterocycles. The molecule has 1 amide bonds. The van der Waals surface area contributed by atoms with Crippen LogP contribution in [0.1, 0.15) is 30.1 Å². The molecule has 0 radical (unpaired) electrons. The largest absolute Gasteiger partial charge is 0.349 e. The van der Waals surface area contributed by atoms with Gasteiger partial charge in [0.05, 0.1) is 5.56 Å². The fraction of sp³-hybridized carbons (Fsp3) is 0.417. The van der Waals surface area contributed by atoms with Crippen molar-refractivity contribution in [3.63, 3.8) is 0 Å². The maximum atomic E-state index is 11.9. The van der Waals surface area contributed by atoms with Gasteiger partial charge in [0.1, 0.15) is 0 Å². The van der Waals surface area contributed by atoms with Crippen molar-refractivity contribution >= 4 is 33.4 Å². The molecule has 4 heteroatoms. The van der Waals surface area contributed by atoms with E-state index < -0.39 is 0 Å². The zero-order valence-corrected chi connectivity index (χ0v) is 11.3. The molecule has 16 heavy (non-hydrogen) atoms. The average molecular weight is 303 g/mol. The molecule has 0 aromatic heterocycles. The highest BCUT2D eigenvalue weighted by Crippen LogP contribution is 2.27. The van der Waals surface area contributed by atoms with Crippen LogP contribution in [0.5, 0.6) is 0 Å². The second-order valence-electron chi connectivity index (χ2n) is 4.37. The van der Waals surface area contributed by atoms with Gasteiger partial charge in [-0.3, -0.25) is 4.79 Å². The predicted molar refractivity (Wildman–Crippen MR) is 68.8 cm³/mol. The first-order chi connectivity index (χ1) is 7.56. The van der Waals surface area contributed by atoms with E-state index in [0.29, 0.717) is 16.6 Å². The van der Waals surface area contributed by atoms with Crippen LogP contribution in [0.4, 0.5) is 0 Å². The fourth-order valence-electron chi connectivity index (χ4n) is 1.96. The summed E-state index contributed by atoms with van der Waals surface area (Å²) in [5.41, 5.74) is 0.643. The number of carbonyl (C=O) groups is 1. The lowest BCUT2D eigenvalue weighted by Crippen LogP contribution is -2.43. The molecule has 0 atom stereocenters. The molecule has 1 fully saturated rings. The van der Waals surface area contributed by atoms with E-state index in [4.69, 9.17) is 11.6 Å². The van der Waals surface area contributed by atoms with Crippen molar-refractivity contribution in [3.8, 4) is 0 Å². The molecule has 2 rings (SSSR count). The Labute approximate surface area is 108 Å². The Hall–Kier alpha value is -0.540. The Bertz CT molecular complexity index is 415. The number of rotatable bonds is 2. The van der Waals surface area contributed by atoms with Crippen molar-refractivity contribution in [2.24, 2.45) is 5.92 Å². The first-order valence-electron chi connectivity index (χ1n) is 5.32. The average Bonchev–Trinajstić information content (AvgIpc) is 2.15. The summed E-state index contributed by atoms with van der Waals surface area (Å²) in [6.07, 6.45) is 2.16. The van der Waals surface area contributed by atoms with E-state index in [9.17, 15) is 4.79 Å². The third-order valence-corrected chi connectivity index (χ3v) is 3.78. The molecule has 1 aliphatic rings. The van der Waals surface area contributed by atoms with Gasteiger partial charge in [-0.2, -0.15) is 0 Å². The highest BCUT2D eigenvalue weighted by Gasteiger charge is 2.27. The van der Waals surface area contributed by atoms with Crippen LogP contribution in [0, 0.1) is 5.92 Å². The monoisotopic (exact) mass is 301 g/mol. The first kappa shape index (κ1) is 11.9. The van der Waals surface area contributed by atoms with E-state index in [2.05, 4.69) is 28.2 Å². The summed E-state index contributed by atoms with van der Waals surface area (Å²) in [6, 6.07) is 5.54. The second kappa shape index (κ2) is 4.76. The lowest BCUT2D eigenvalue weighted by Gasteiger charge is -2.33. The highest BCUT2D eigenvalue weighted by molar-refractivity contribution is 9.10. The maximum Gasteiger partial charge on any atom is 0.252 e. The van der Waals surface area contributed by atoms with Crippen LogP contribution in [0.2, 0.25) is 5.02 Å². The minimum absolute atomic E-state index is 0.0274. The summed E-state index contributed by atoms with van der Waals surface area (Å²) in [7, 11) is 0. The Morgan fingerprint density at radius 2 is 2.19 bits per heavy atom. The zero-order chi connectivity index (χ0) is 11.7. The van der Waals surface area contributed by atoms with Crippen molar-refractivity contribution in [2.75, 3.05) is 0 Å². The molecule has 0 heterocycles. The van der Waals surface area contributed by atoms with Crippen LogP contribution in [0.25, 0.3) is 0 Å². The van der Waals surface area contributed by atoms with Gasteiger partial charge in [0.25, 0.3) is 5.91 Å². The third-order valence-electron chi connectivity index (χ3n) is 2.88. The Morgan fingerprint density at radius 3 is 2.75 bits per heavy atom. The minimum Gasteiger partial charge on any atom is -0.349 e. The summed E-state index contributed by atoms with van der Waals surface area (Å²) < 4.78 is 0.741. The van der Waals surface area contributed by atoms with Gasteiger partial charge in [0.2, 0.25) is 0 Å². The molecule has 2 nitrogen and oxygen atoms in total. The molecule has 1 aromatic rings. The summed E-state index contributed by atoms with van der Waals surface area (Å²) >= 11 is 9.17. The number of benzene rings is 1. The third kappa shape index (κ3) is 2.58. The van der Waals surface area contributed by atoms with Crippen molar-refractivity contribution in [3.05, 3.63) is 33.3 Å². The van der Waals surface area contributed by atoms with E-state index in [-0.39, 0.29) is 5.91 Å². The van der Waals surface area contributed by atoms with Crippen LogP contribution in [-0.2, 0) is 0 Å². The summed E-state index contributed by atoms with van der Waals surface area (Å²) in [5.74, 6) is 0.708. The SMILES string of the molecule is CC1CC(NC(=O)c2ccc(Cl)cc2Br)C1. The summed E-state index contributed by atoms with van der Waals surface area (Å²) in [4.78, 5) is 11.9. The summed E-state index contributed by atoms with van der Waals surface area (Å²) in [5, 5.41) is 3.64. The minimum atomic E-state index is -0.0274. The summed E-state index contributed by atoms with van der Waals surface area (Å²) in [6.45, 7) is 2.20. The number of hydrogen-bond acceptors (Lipinski definition) is 1. The van der Waals surface area contributed by atoms with Gasteiger partial charge in [-0.15, -0.1) is 0 Å². The van der Waals surface area contributed by atoms with E-state index in [1.54, 1.807) is 18.2 Å². The van der Waals surface area contributed by atoms with Crippen LogP contribution in [0.15, 0.2) is 22.7 Å². The molecule has 0 spiro atoms. The Kier molecular flexibility index (Phi) is 3.55. The van der Waals surface area contributed by atoms with Crippen LogP contribution in [0.3, 0.4) is 0 Å². The van der Waals surface area contributed by atoms with Gasteiger partial charge in [-0.05, 0) is 52.9 Å². The van der Waals surface area contributed by atoms with Crippen molar-refractivity contribution < 1.29 is 4.79 Å². The number of carbonyl (C=O) groups excluding carboxylic acids is 1. The second-order valence-corrected chi connectivity index (χ2v) is 5.66. The number of halogens is 2. The van der Waals surface area contributed by atoms with E-state index in [0.717, 1.165) is 23.2 Å². The molecule has 1 saturated carbocycles. The molecule has 0 unspecified atom stereocenters. The number of amides is 1. The Balaban J connectivity index is 2.03. The van der Waals surface area contributed by atoms with Crippen LogP contribution >= 0.6 is 27.5 Å². The normalized spacial score (nSPS) is 23.7. The molecular formula is C12H13BrClNO. The molecule has 0 bridgehead atoms. The van der Waals surface area contributed by atoms with Gasteiger partial charge >= 0.3 is 0 Å². The topological polar surface area (TPSA) is 29.1 Å². The number of nitrogens with one attached hydrogen (secondary N) is 1. The molecule has 1 aliphatic carbocycles. The Morgan fingerprint density at radius 1 is 1.50 bits per heavy atom. The van der Waals surface area contributed by atoms with Gasteiger partial charge in [-0.1, -0.05) is 18.5 Å². The van der Waals surface area contributed by atoms with E-state index in [1.165, 1.54) is 0 Å². The van der Waals surface area contributed by atoms with Gasteiger partial charge in [0.15, 0.2) is 0 Å². The lowest BCUT2D eigenvalue weighted by atomic mass is 9.82. The van der Waals surface area contributed by atoms with E-state index >= 15 is 0 Å². The molecule has 1 aromatic carbocycles.